The number of alkyl carbamates (subject to hydrolysis) is 1. The lowest BCUT2D eigenvalue weighted by molar-refractivity contribution is 0.0506. The molecule has 0 aliphatic carbocycles. The van der Waals surface area contributed by atoms with Gasteiger partial charge in [0, 0.05) is 6.20 Å². The first-order valence-electron chi connectivity index (χ1n) is 10.9. The lowest BCUT2D eigenvalue weighted by atomic mass is 10.2. The number of ether oxygens (including phenoxy) is 2. The maximum atomic E-state index is 12.7. The van der Waals surface area contributed by atoms with E-state index in [9.17, 15) is 9.59 Å². The Labute approximate surface area is 203 Å². The summed E-state index contributed by atoms with van der Waals surface area (Å²) in [5.41, 5.74) is 1.14. The van der Waals surface area contributed by atoms with E-state index in [1.54, 1.807) is 46.9 Å². The van der Waals surface area contributed by atoms with Crippen molar-refractivity contribution >= 4 is 35.0 Å². The van der Waals surface area contributed by atoms with Gasteiger partial charge in [0.05, 0.1) is 23.2 Å². The van der Waals surface area contributed by atoms with E-state index in [1.807, 2.05) is 31.2 Å². The minimum atomic E-state index is -0.628. The molecule has 180 valence electrons. The number of pyridine rings is 2. The van der Waals surface area contributed by atoms with E-state index in [0.29, 0.717) is 27.2 Å². The highest BCUT2D eigenvalue weighted by Gasteiger charge is 2.26. The van der Waals surface area contributed by atoms with E-state index in [4.69, 9.17) is 9.47 Å². The fraction of sp³-hybridized carbons (Fsp3) is 0.375. The van der Waals surface area contributed by atoms with Gasteiger partial charge in [0.2, 0.25) is 0 Å². The Morgan fingerprint density at radius 1 is 1.15 bits per heavy atom. The predicted octanol–water partition coefficient (Wildman–Crippen LogP) is 5.41. The molecule has 3 aromatic heterocycles. The predicted molar refractivity (Wildman–Crippen MR) is 131 cm³/mol. The molecule has 2 N–H and O–H groups in total. The van der Waals surface area contributed by atoms with Gasteiger partial charge in [0.15, 0.2) is 5.69 Å². The molecule has 0 fully saturated rings. The Balaban J connectivity index is 1.91. The Hall–Kier alpha value is -3.53. The maximum absolute atomic E-state index is 12.7. The number of carbonyl (C=O) groups is 2. The maximum Gasteiger partial charge on any atom is 0.408 e. The Morgan fingerprint density at radius 3 is 2.59 bits per heavy atom. The normalized spacial score (nSPS) is 12.1. The van der Waals surface area contributed by atoms with Crippen LogP contribution in [0.1, 0.15) is 61.7 Å². The van der Waals surface area contributed by atoms with Gasteiger partial charge >= 0.3 is 12.1 Å². The minimum absolute atomic E-state index is 0.151. The zero-order chi connectivity index (χ0) is 24.9. The number of aromatic nitrogens is 3. The molecule has 0 unspecified atom stereocenters. The zero-order valence-electron chi connectivity index (χ0n) is 20.1. The number of nitrogens with one attached hydrogen (secondary N) is 2. The number of hydrogen-bond donors (Lipinski definition) is 2. The van der Waals surface area contributed by atoms with Crippen LogP contribution >= 0.6 is 11.3 Å². The summed E-state index contributed by atoms with van der Waals surface area (Å²) in [5.74, 6) is 0.681. The van der Waals surface area contributed by atoms with E-state index in [1.165, 1.54) is 11.3 Å². The molecule has 0 aliphatic rings. The first kappa shape index (κ1) is 25.1. The van der Waals surface area contributed by atoms with Crippen molar-refractivity contribution in [3.8, 4) is 10.6 Å². The molecule has 0 aromatic carbocycles. The van der Waals surface area contributed by atoms with Crippen LogP contribution in [0.2, 0.25) is 0 Å². The molecule has 0 aliphatic heterocycles. The van der Waals surface area contributed by atoms with Gasteiger partial charge in [-0.3, -0.25) is 0 Å². The van der Waals surface area contributed by atoms with Gasteiger partial charge < -0.3 is 20.1 Å². The monoisotopic (exact) mass is 483 g/mol. The first-order valence-corrected chi connectivity index (χ1v) is 11.7. The fourth-order valence-electron chi connectivity index (χ4n) is 2.95. The number of thiazole rings is 1. The molecule has 0 saturated heterocycles. The lowest BCUT2D eigenvalue weighted by Gasteiger charge is -2.21. The van der Waals surface area contributed by atoms with Gasteiger partial charge in [0.1, 0.15) is 22.2 Å². The fourth-order valence-corrected chi connectivity index (χ4v) is 3.97. The molecule has 3 rings (SSSR count). The number of aryl methyl sites for hydroxylation is 1. The van der Waals surface area contributed by atoms with Crippen molar-refractivity contribution in [2.75, 3.05) is 11.9 Å². The van der Waals surface area contributed by atoms with E-state index >= 15 is 0 Å². The van der Waals surface area contributed by atoms with Crippen LogP contribution in [0.3, 0.4) is 0 Å². The van der Waals surface area contributed by atoms with Crippen LogP contribution in [0.25, 0.3) is 10.6 Å². The molecule has 9 nitrogen and oxygen atoms in total. The molecule has 3 aromatic rings. The number of esters is 1. The highest BCUT2D eigenvalue weighted by molar-refractivity contribution is 7.15. The second-order valence-electron chi connectivity index (χ2n) is 8.57. The summed E-state index contributed by atoms with van der Waals surface area (Å²) in [7, 11) is 0. The highest BCUT2D eigenvalue weighted by Crippen LogP contribution is 2.33. The lowest BCUT2D eigenvalue weighted by Crippen LogP contribution is -2.34. The Morgan fingerprint density at radius 2 is 1.91 bits per heavy atom. The van der Waals surface area contributed by atoms with Crippen LogP contribution in [-0.2, 0) is 9.47 Å². The molecule has 0 saturated carbocycles. The molecular weight excluding hydrogens is 454 g/mol. The van der Waals surface area contributed by atoms with E-state index in [0.717, 1.165) is 5.56 Å². The average molecular weight is 484 g/mol. The van der Waals surface area contributed by atoms with Crippen molar-refractivity contribution in [3.63, 3.8) is 0 Å². The largest absolute Gasteiger partial charge is 0.461 e. The summed E-state index contributed by atoms with van der Waals surface area (Å²) in [6, 6.07) is 8.77. The van der Waals surface area contributed by atoms with Crippen molar-refractivity contribution in [2.45, 2.75) is 53.2 Å². The first-order chi connectivity index (χ1) is 16.1. The van der Waals surface area contributed by atoms with Crippen LogP contribution in [0.15, 0.2) is 36.5 Å². The van der Waals surface area contributed by atoms with Crippen molar-refractivity contribution in [1.29, 1.82) is 0 Å². The summed E-state index contributed by atoms with van der Waals surface area (Å²) >= 11 is 1.26. The van der Waals surface area contributed by atoms with Gasteiger partial charge in [-0.1, -0.05) is 6.07 Å². The molecule has 10 heteroatoms. The summed E-state index contributed by atoms with van der Waals surface area (Å²) < 4.78 is 10.5. The number of anilines is 2. The van der Waals surface area contributed by atoms with E-state index in [-0.39, 0.29) is 12.3 Å². The second kappa shape index (κ2) is 10.6. The Bertz CT molecular complexity index is 1170. The number of hydrogen-bond acceptors (Lipinski definition) is 9. The highest BCUT2D eigenvalue weighted by atomic mass is 32.1. The van der Waals surface area contributed by atoms with Crippen molar-refractivity contribution in [2.24, 2.45) is 0 Å². The van der Waals surface area contributed by atoms with Crippen LogP contribution < -0.4 is 10.6 Å². The molecular formula is C24H29N5O4S. The second-order valence-corrected chi connectivity index (χ2v) is 9.60. The SMILES string of the molecule is CCOC(=O)c1nc([C@H](C)NC(=O)OC(C)(C)C)sc1-c1cccc(Nc2cc(C)ccn2)n1. The van der Waals surface area contributed by atoms with Crippen LogP contribution in [0.4, 0.5) is 16.4 Å². The third-order valence-electron chi connectivity index (χ3n) is 4.37. The van der Waals surface area contributed by atoms with Crippen LogP contribution in [-0.4, -0.2) is 39.2 Å². The topological polar surface area (TPSA) is 115 Å². The zero-order valence-corrected chi connectivity index (χ0v) is 20.9. The van der Waals surface area contributed by atoms with Crippen molar-refractivity contribution < 1.29 is 19.1 Å². The van der Waals surface area contributed by atoms with Gasteiger partial charge in [-0.2, -0.15) is 0 Å². The molecule has 1 amide bonds. The molecule has 3 heterocycles. The number of rotatable bonds is 7. The smallest absolute Gasteiger partial charge is 0.408 e. The van der Waals surface area contributed by atoms with E-state index < -0.39 is 23.7 Å². The summed E-state index contributed by atoms with van der Waals surface area (Å²) in [6.45, 7) is 11.1. The van der Waals surface area contributed by atoms with Gasteiger partial charge in [0.25, 0.3) is 0 Å². The standard InChI is InChI=1S/C24H29N5O4S/c1-7-32-22(30)19-20(34-21(29-19)15(3)26-23(31)33-24(4,5)6)16-9-8-10-17(27-16)28-18-13-14(2)11-12-25-18/h8-13,15H,7H2,1-6H3,(H,26,31)(H,25,27,28)/t15-/m0/s1. The van der Waals surface area contributed by atoms with Crippen molar-refractivity contribution in [1.82, 2.24) is 20.3 Å². The molecule has 0 bridgehead atoms. The summed E-state index contributed by atoms with van der Waals surface area (Å²) in [6.07, 6.45) is 1.15. The van der Waals surface area contributed by atoms with Crippen molar-refractivity contribution in [3.05, 3.63) is 52.8 Å². The quantitative estimate of drug-likeness (QED) is 0.428. The Kier molecular flexibility index (Phi) is 7.83. The van der Waals surface area contributed by atoms with Gasteiger partial charge in [-0.15, -0.1) is 11.3 Å². The summed E-state index contributed by atoms with van der Waals surface area (Å²) in [4.78, 5) is 38.8. The number of carbonyl (C=O) groups excluding carboxylic acids is 2. The van der Waals surface area contributed by atoms with Crippen LogP contribution in [0.5, 0.6) is 0 Å². The molecule has 1 atom stereocenters. The third-order valence-corrected chi connectivity index (χ3v) is 5.63. The van der Waals surface area contributed by atoms with E-state index in [2.05, 4.69) is 25.6 Å². The molecule has 0 spiro atoms. The average Bonchev–Trinajstić information content (AvgIpc) is 3.19. The summed E-state index contributed by atoms with van der Waals surface area (Å²) in [5, 5.41) is 6.47. The third kappa shape index (κ3) is 6.74. The number of nitrogens with zero attached hydrogens (tertiary/aromatic N) is 3. The minimum Gasteiger partial charge on any atom is -0.461 e. The molecule has 34 heavy (non-hydrogen) atoms. The number of amides is 1. The molecule has 0 radical (unpaired) electrons. The van der Waals surface area contributed by atoms with Gasteiger partial charge in [-0.25, -0.2) is 24.5 Å². The van der Waals surface area contributed by atoms with Gasteiger partial charge in [-0.05, 0) is 71.4 Å². The van der Waals surface area contributed by atoms with Crippen LogP contribution in [0, 0.1) is 6.92 Å².